The molecular weight excluding hydrogens is 256 g/mol. The molecule has 0 radical (unpaired) electrons. The van der Waals surface area contributed by atoms with Gasteiger partial charge in [0.05, 0.1) is 6.04 Å². The highest BCUT2D eigenvalue weighted by molar-refractivity contribution is 9.10. The fourth-order valence-corrected chi connectivity index (χ4v) is 1.33. The van der Waals surface area contributed by atoms with Gasteiger partial charge in [-0.3, -0.25) is 4.79 Å². The molecule has 0 saturated heterocycles. The van der Waals surface area contributed by atoms with Crippen molar-refractivity contribution in [1.82, 2.24) is 0 Å². The van der Waals surface area contributed by atoms with Crippen molar-refractivity contribution in [1.29, 1.82) is 0 Å². The summed E-state index contributed by atoms with van der Waals surface area (Å²) in [4.78, 5) is 11.6. The molecule has 15 heavy (non-hydrogen) atoms. The predicted molar refractivity (Wildman–Crippen MR) is 65.6 cm³/mol. The molecule has 1 rings (SSSR count). The Morgan fingerprint density at radius 2 is 1.87 bits per heavy atom. The molecule has 0 aliphatic carbocycles. The molecule has 0 saturated carbocycles. The van der Waals surface area contributed by atoms with Gasteiger partial charge in [-0.25, -0.2) is 0 Å². The highest BCUT2D eigenvalue weighted by atomic mass is 79.9. The number of halogens is 1. The Balaban J connectivity index is 2.62. The van der Waals surface area contributed by atoms with Gasteiger partial charge in [0, 0.05) is 10.2 Å². The minimum atomic E-state index is -0.464. The number of amides is 1. The van der Waals surface area contributed by atoms with Crippen molar-refractivity contribution in [3.63, 3.8) is 0 Å². The number of nitrogens with two attached hydrogens (primary N) is 1. The van der Waals surface area contributed by atoms with Crippen LogP contribution < -0.4 is 11.1 Å². The Bertz CT molecular complexity index is 335. The predicted octanol–water partition coefficient (Wildman–Crippen LogP) is 2.37. The Morgan fingerprint density at radius 3 is 2.33 bits per heavy atom. The zero-order chi connectivity index (χ0) is 11.4. The number of rotatable bonds is 3. The van der Waals surface area contributed by atoms with Gasteiger partial charge < -0.3 is 11.1 Å². The van der Waals surface area contributed by atoms with E-state index in [0.29, 0.717) is 0 Å². The van der Waals surface area contributed by atoms with Crippen LogP contribution in [0.15, 0.2) is 28.7 Å². The molecule has 0 bridgehead atoms. The Morgan fingerprint density at radius 1 is 1.33 bits per heavy atom. The van der Waals surface area contributed by atoms with E-state index in [1.807, 2.05) is 38.1 Å². The van der Waals surface area contributed by atoms with Crippen LogP contribution in [0.4, 0.5) is 5.69 Å². The van der Waals surface area contributed by atoms with Crippen LogP contribution in [0.1, 0.15) is 13.8 Å². The lowest BCUT2D eigenvalue weighted by molar-refractivity contribution is -0.118. The minimum absolute atomic E-state index is 0.139. The molecule has 0 spiro atoms. The molecule has 0 heterocycles. The molecule has 1 unspecified atom stereocenters. The summed E-state index contributed by atoms with van der Waals surface area (Å²) < 4.78 is 0.980. The Kier molecular flexibility index (Phi) is 4.29. The van der Waals surface area contributed by atoms with E-state index < -0.39 is 6.04 Å². The summed E-state index contributed by atoms with van der Waals surface area (Å²) in [5.41, 5.74) is 6.48. The smallest absolute Gasteiger partial charge is 0.241 e. The van der Waals surface area contributed by atoms with Gasteiger partial charge in [0.25, 0.3) is 0 Å². The van der Waals surface area contributed by atoms with Gasteiger partial charge in [-0.15, -0.1) is 0 Å². The van der Waals surface area contributed by atoms with Crippen LogP contribution in [0.3, 0.4) is 0 Å². The van der Waals surface area contributed by atoms with E-state index in [0.717, 1.165) is 10.2 Å². The summed E-state index contributed by atoms with van der Waals surface area (Å²) in [6.45, 7) is 3.84. The minimum Gasteiger partial charge on any atom is -0.325 e. The van der Waals surface area contributed by atoms with Crippen molar-refractivity contribution < 1.29 is 4.79 Å². The monoisotopic (exact) mass is 270 g/mol. The number of carbonyl (C=O) groups is 1. The van der Waals surface area contributed by atoms with Gasteiger partial charge in [-0.1, -0.05) is 29.8 Å². The number of anilines is 1. The maximum Gasteiger partial charge on any atom is 0.241 e. The number of hydrogen-bond acceptors (Lipinski definition) is 2. The highest BCUT2D eigenvalue weighted by Gasteiger charge is 2.16. The van der Waals surface area contributed by atoms with Crippen LogP contribution in [0.5, 0.6) is 0 Å². The van der Waals surface area contributed by atoms with Gasteiger partial charge >= 0.3 is 0 Å². The molecule has 1 atom stereocenters. The van der Waals surface area contributed by atoms with Gasteiger partial charge in [0.2, 0.25) is 5.91 Å². The van der Waals surface area contributed by atoms with Crippen molar-refractivity contribution in [3.05, 3.63) is 28.7 Å². The lowest BCUT2D eigenvalue weighted by Crippen LogP contribution is -2.39. The van der Waals surface area contributed by atoms with Crippen LogP contribution in [-0.2, 0) is 4.79 Å². The van der Waals surface area contributed by atoms with Crippen molar-refractivity contribution in [2.75, 3.05) is 5.32 Å². The lowest BCUT2D eigenvalue weighted by Gasteiger charge is -2.15. The van der Waals surface area contributed by atoms with Crippen molar-refractivity contribution in [2.24, 2.45) is 11.7 Å². The molecular formula is C11H15BrN2O. The van der Waals surface area contributed by atoms with Gasteiger partial charge in [-0.05, 0) is 30.2 Å². The second-order valence-corrected chi connectivity index (χ2v) is 4.68. The van der Waals surface area contributed by atoms with Crippen LogP contribution in [-0.4, -0.2) is 11.9 Å². The van der Waals surface area contributed by atoms with E-state index in [9.17, 15) is 4.79 Å². The van der Waals surface area contributed by atoms with Crippen molar-refractivity contribution >= 4 is 27.5 Å². The third-order valence-corrected chi connectivity index (χ3v) is 2.66. The summed E-state index contributed by atoms with van der Waals surface area (Å²) in [6.07, 6.45) is 0. The van der Waals surface area contributed by atoms with E-state index >= 15 is 0 Å². The Labute approximate surface area is 98.2 Å². The average Bonchev–Trinajstić information content (AvgIpc) is 2.20. The topological polar surface area (TPSA) is 55.1 Å². The van der Waals surface area contributed by atoms with E-state index in [1.54, 1.807) is 0 Å². The molecule has 3 nitrogen and oxygen atoms in total. The molecule has 82 valence electrons. The number of hydrogen-bond donors (Lipinski definition) is 2. The first kappa shape index (κ1) is 12.2. The molecule has 3 N–H and O–H groups in total. The van der Waals surface area contributed by atoms with Gasteiger partial charge in [0.15, 0.2) is 0 Å². The van der Waals surface area contributed by atoms with Gasteiger partial charge in [-0.2, -0.15) is 0 Å². The van der Waals surface area contributed by atoms with Crippen molar-refractivity contribution in [2.45, 2.75) is 19.9 Å². The molecule has 1 aromatic carbocycles. The quantitative estimate of drug-likeness (QED) is 0.886. The SMILES string of the molecule is CC(C)C(N)C(=O)Nc1ccc(Br)cc1. The maximum atomic E-state index is 11.6. The average molecular weight is 271 g/mol. The number of carbonyl (C=O) groups excluding carboxylic acids is 1. The van der Waals surface area contributed by atoms with Crippen LogP contribution in [0.25, 0.3) is 0 Å². The molecule has 1 aromatic rings. The van der Waals surface area contributed by atoms with E-state index in [1.165, 1.54) is 0 Å². The molecule has 4 heteroatoms. The van der Waals surface area contributed by atoms with E-state index in [2.05, 4.69) is 21.2 Å². The fraction of sp³-hybridized carbons (Fsp3) is 0.364. The summed E-state index contributed by atoms with van der Waals surface area (Å²) >= 11 is 3.33. The van der Waals surface area contributed by atoms with Gasteiger partial charge in [0.1, 0.15) is 0 Å². The standard InChI is InChI=1S/C11H15BrN2O/c1-7(2)10(13)11(15)14-9-5-3-8(12)4-6-9/h3-7,10H,13H2,1-2H3,(H,14,15). The van der Waals surface area contributed by atoms with E-state index in [4.69, 9.17) is 5.73 Å². The lowest BCUT2D eigenvalue weighted by atomic mass is 10.1. The normalized spacial score (nSPS) is 12.6. The molecule has 0 aliphatic heterocycles. The summed E-state index contributed by atoms with van der Waals surface area (Å²) in [5.74, 6) is -0.00669. The largest absolute Gasteiger partial charge is 0.325 e. The Hall–Kier alpha value is -0.870. The second kappa shape index (κ2) is 5.28. The maximum absolute atomic E-state index is 11.6. The first-order valence-corrected chi connectivity index (χ1v) is 5.62. The van der Waals surface area contributed by atoms with Crippen LogP contribution in [0.2, 0.25) is 0 Å². The zero-order valence-corrected chi connectivity index (χ0v) is 10.4. The number of benzene rings is 1. The van der Waals surface area contributed by atoms with Crippen LogP contribution >= 0.6 is 15.9 Å². The zero-order valence-electron chi connectivity index (χ0n) is 8.83. The van der Waals surface area contributed by atoms with E-state index in [-0.39, 0.29) is 11.8 Å². The molecule has 0 aliphatic rings. The fourth-order valence-electron chi connectivity index (χ4n) is 1.06. The molecule has 0 fully saturated rings. The summed E-state index contributed by atoms with van der Waals surface area (Å²) in [5, 5.41) is 2.77. The number of nitrogens with one attached hydrogen (secondary N) is 1. The first-order chi connectivity index (χ1) is 7.00. The van der Waals surface area contributed by atoms with Crippen LogP contribution in [0, 0.1) is 5.92 Å². The molecule has 0 aromatic heterocycles. The molecule has 1 amide bonds. The first-order valence-electron chi connectivity index (χ1n) is 4.82. The second-order valence-electron chi connectivity index (χ2n) is 3.77. The third-order valence-electron chi connectivity index (χ3n) is 2.13. The summed E-state index contributed by atoms with van der Waals surface area (Å²) in [6, 6.07) is 6.94. The van der Waals surface area contributed by atoms with Crippen molar-refractivity contribution in [3.8, 4) is 0 Å². The third kappa shape index (κ3) is 3.64. The highest BCUT2D eigenvalue weighted by Crippen LogP contribution is 2.14. The summed E-state index contributed by atoms with van der Waals surface area (Å²) in [7, 11) is 0.